The van der Waals surface area contributed by atoms with E-state index in [1.54, 1.807) is 0 Å². The van der Waals surface area contributed by atoms with Gasteiger partial charge in [-0.1, -0.05) is 64.1 Å². The summed E-state index contributed by atoms with van der Waals surface area (Å²) >= 11 is 0. The molecule has 2 aromatic rings. The highest BCUT2D eigenvalue weighted by atomic mass is 32.2. The van der Waals surface area contributed by atoms with Gasteiger partial charge in [-0.15, -0.1) is 0 Å². The molecule has 4 nitrogen and oxygen atoms in total. The maximum atomic E-state index is 11.5. The van der Waals surface area contributed by atoms with E-state index in [9.17, 15) is 8.42 Å². The Morgan fingerprint density at radius 1 is 0.941 bits per heavy atom. The summed E-state index contributed by atoms with van der Waals surface area (Å²) < 4.78 is 29.0. The molecule has 0 saturated carbocycles. The van der Waals surface area contributed by atoms with E-state index in [1.807, 2.05) is 12.1 Å². The Morgan fingerprint density at radius 3 is 2.21 bits per heavy atom. The van der Waals surface area contributed by atoms with Gasteiger partial charge in [0, 0.05) is 19.6 Å². The topological polar surface area (TPSA) is 46.6 Å². The molecule has 0 N–H and O–H groups in total. The first-order valence-electron chi connectivity index (χ1n) is 12.4. The first-order chi connectivity index (χ1) is 16.0. The zero-order chi connectivity index (χ0) is 24.6. The number of sulfone groups is 1. The molecular formula is C29H39NO3S. The molecular weight excluding hydrogens is 442 g/mol. The molecule has 0 amide bonds. The summed E-state index contributed by atoms with van der Waals surface area (Å²) in [6.07, 6.45) is 4.69. The average Bonchev–Trinajstić information content (AvgIpc) is 2.79. The highest BCUT2D eigenvalue weighted by Gasteiger charge is 2.36. The lowest BCUT2D eigenvalue weighted by molar-refractivity contribution is 0.219. The Labute approximate surface area is 205 Å². The second kappa shape index (κ2) is 9.50. The Morgan fingerprint density at radius 2 is 1.56 bits per heavy atom. The van der Waals surface area contributed by atoms with Gasteiger partial charge in [-0.3, -0.25) is 4.90 Å². The minimum Gasteiger partial charge on any atom is -0.492 e. The van der Waals surface area contributed by atoms with Crippen LogP contribution in [-0.4, -0.2) is 51.1 Å². The molecule has 0 radical (unpaired) electrons. The van der Waals surface area contributed by atoms with Crippen molar-refractivity contribution in [3.8, 4) is 5.75 Å². The molecule has 1 aliphatic heterocycles. The van der Waals surface area contributed by atoms with Gasteiger partial charge in [-0.05, 0) is 70.6 Å². The number of fused-ring (bicyclic) bond motifs is 1. The predicted molar refractivity (Wildman–Crippen MR) is 142 cm³/mol. The van der Waals surface area contributed by atoms with E-state index in [-0.39, 0.29) is 22.3 Å². The van der Waals surface area contributed by atoms with Crippen LogP contribution in [0, 0.1) is 0 Å². The maximum absolute atomic E-state index is 11.5. The summed E-state index contributed by atoms with van der Waals surface area (Å²) in [4.78, 5) is 2.16. The molecule has 184 valence electrons. The van der Waals surface area contributed by atoms with Crippen LogP contribution in [0.15, 0.2) is 42.5 Å². The monoisotopic (exact) mass is 481 g/mol. The Kier molecular flexibility index (Phi) is 6.99. The number of allylic oxidation sites excluding steroid dienone is 1. The van der Waals surface area contributed by atoms with Crippen molar-refractivity contribution in [1.82, 2.24) is 4.90 Å². The molecule has 1 aliphatic carbocycles. The van der Waals surface area contributed by atoms with Gasteiger partial charge in [-0.25, -0.2) is 8.42 Å². The minimum atomic E-state index is -2.83. The number of benzene rings is 2. The SMILES string of the molecule is C/C(=C\c1ccc(OCCN2CCS(=O)(=O)CC2)cc1)c1ccc2c(c1)C(C)(C)CCC2(C)C. The summed E-state index contributed by atoms with van der Waals surface area (Å²) in [5.74, 6) is 1.36. The fourth-order valence-electron chi connectivity index (χ4n) is 5.09. The summed E-state index contributed by atoms with van der Waals surface area (Å²) in [7, 11) is -2.83. The number of ether oxygens (including phenoxy) is 1. The van der Waals surface area contributed by atoms with Gasteiger partial charge in [0.2, 0.25) is 0 Å². The molecule has 1 heterocycles. The molecule has 2 aromatic carbocycles. The largest absolute Gasteiger partial charge is 0.492 e. The fourth-order valence-corrected chi connectivity index (χ4v) is 6.37. The number of hydrogen-bond acceptors (Lipinski definition) is 4. The molecule has 1 saturated heterocycles. The van der Waals surface area contributed by atoms with Crippen molar-refractivity contribution in [2.24, 2.45) is 0 Å². The first-order valence-corrected chi connectivity index (χ1v) is 14.3. The molecule has 0 atom stereocenters. The van der Waals surface area contributed by atoms with Crippen molar-refractivity contribution in [2.45, 2.75) is 58.3 Å². The first kappa shape index (κ1) is 25.0. The van der Waals surface area contributed by atoms with Crippen LogP contribution in [0.5, 0.6) is 5.75 Å². The van der Waals surface area contributed by atoms with Crippen LogP contribution in [0.25, 0.3) is 11.6 Å². The Balaban J connectivity index is 1.39. The zero-order valence-corrected chi connectivity index (χ0v) is 22.2. The van der Waals surface area contributed by atoms with Crippen molar-refractivity contribution in [2.75, 3.05) is 37.7 Å². The second-order valence-electron chi connectivity index (χ2n) is 11.3. The van der Waals surface area contributed by atoms with E-state index in [1.165, 1.54) is 35.1 Å². The van der Waals surface area contributed by atoms with Crippen LogP contribution in [0.2, 0.25) is 0 Å². The van der Waals surface area contributed by atoms with E-state index in [4.69, 9.17) is 4.74 Å². The Bertz CT molecular complexity index is 1150. The second-order valence-corrected chi connectivity index (χ2v) is 13.6. The third-order valence-electron chi connectivity index (χ3n) is 7.68. The van der Waals surface area contributed by atoms with Gasteiger partial charge in [0.25, 0.3) is 0 Å². The van der Waals surface area contributed by atoms with E-state index in [0.717, 1.165) is 17.9 Å². The maximum Gasteiger partial charge on any atom is 0.152 e. The van der Waals surface area contributed by atoms with Gasteiger partial charge in [0.05, 0.1) is 11.5 Å². The van der Waals surface area contributed by atoms with Crippen molar-refractivity contribution in [3.63, 3.8) is 0 Å². The van der Waals surface area contributed by atoms with E-state index in [0.29, 0.717) is 19.7 Å². The summed E-state index contributed by atoms with van der Waals surface area (Å²) in [6.45, 7) is 14.2. The number of nitrogens with zero attached hydrogens (tertiary/aromatic N) is 1. The standard InChI is InChI=1S/C29H39NO3S/c1-22(24-8-11-26-27(21-24)29(4,5)13-12-28(26,2)3)20-23-6-9-25(10-7-23)33-17-14-30-15-18-34(31,32)19-16-30/h6-11,20-21H,12-19H2,1-5H3/b22-20+. The third-order valence-corrected chi connectivity index (χ3v) is 9.29. The summed E-state index contributed by atoms with van der Waals surface area (Å²) in [6, 6.07) is 15.2. The van der Waals surface area contributed by atoms with E-state index < -0.39 is 9.84 Å². The van der Waals surface area contributed by atoms with Crippen LogP contribution < -0.4 is 4.74 Å². The lowest BCUT2D eigenvalue weighted by Gasteiger charge is -2.42. The molecule has 4 rings (SSSR count). The van der Waals surface area contributed by atoms with Crippen LogP contribution >= 0.6 is 0 Å². The van der Waals surface area contributed by atoms with E-state index in [2.05, 4.69) is 75.9 Å². The van der Waals surface area contributed by atoms with Gasteiger partial charge >= 0.3 is 0 Å². The Hall–Kier alpha value is -2.11. The average molecular weight is 482 g/mol. The smallest absolute Gasteiger partial charge is 0.152 e. The summed E-state index contributed by atoms with van der Waals surface area (Å²) in [5, 5.41) is 0. The van der Waals surface area contributed by atoms with Crippen molar-refractivity contribution < 1.29 is 13.2 Å². The van der Waals surface area contributed by atoms with Gasteiger partial charge < -0.3 is 4.74 Å². The van der Waals surface area contributed by atoms with Crippen LogP contribution in [-0.2, 0) is 20.7 Å². The normalized spacial score (nSPS) is 21.6. The molecule has 0 unspecified atom stereocenters. The lowest BCUT2D eigenvalue weighted by Crippen LogP contribution is -2.42. The molecule has 5 heteroatoms. The minimum absolute atomic E-state index is 0.211. The molecule has 2 aliphatic rings. The summed E-state index contributed by atoms with van der Waals surface area (Å²) in [5.41, 5.74) is 7.13. The van der Waals surface area contributed by atoms with Crippen LogP contribution in [0.4, 0.5) is 0 Å². The van der Waals surface area contributed by atoms with Gasteiger partial charge in [0.15, 0.2) is 9.84 Å². The zero-order valence-electron chi connectivity index (χ0n) is 21.4. The van der Waals surface area contributed by atoms with Gasteiger partial charge in [-0.2, -0.15) is 0 Å². The quantitative estimate of drug-likeness (QED) is 0.496. The highest BCUT2D eigenvalue weighted by molar-refractivity contribution is 7.91. The van der Waals surface area contributed by atoms with Crippen molar-refractivity contribution in [1.29, 1.82) is 0 Å². The van der Waals surface area contributed by atoms with Crippen LogP contribution in [0.1, 0.15) is 69.7 Å². The highest BCUT2D eigenvalue weighted by Crippen LogP contribution is 2.46. The molecule has 0 aromatic heterocycles. The molecule has 0 spiro atoms. The third kappa shape index (κ3) is 5.75. The van der Waals surface area contributed by atoms with Crippen LogP contribution in [0.3, 0.4) is 0 Å². The molecule has 1 fully saturated rings. The predicted octanol–water partition coefficient (Wildman–Crippen LogP) is 5.71. The lowest BCUT2D eigenvalue weighted by atomic mass is 9.63. The van der Waals surface area contributed by atoms with Gasteiger partial charge in [0.1, 0.15) is 12.4 Å². The van der Waals surface area contributed by atoms with E-state index >= 15 is 0 Å². The van der Waals surface area contributed by atoms with Crippen molar-refractivity contribution in [3.05, 3.63) is 64.7 Å². The number of rotatable bonds is 6. The number of hydrogen-bond donors (Lipinski definition) is 0. The molecule has 0 bridgehead atoms. The fraction of sp³-hybridized carbons (Fsp3) is 0.517. The van der Waals surface area contributed by atoms with Crippen molar-refractivity contribution >= 4 is 21.5 Å². The molecule has 34 heavy (non-hydrogen) atoms.